The monoisotopic (exact) mass is 700 g/mol. The molecule has 2 aliphatic rings. The van der Waals surface area contributed by atoms with Crippen LogP contribution in [0.3, 0.4) is 0 Å². The molecule has 0 radical (unpaired) electrons. The molecule has 0 spiro atoms. The van der Waals surface area contributed by atoms with Gasteiger partial charge < -0.3 is 43.3 Å². The van der Waals surface area contributed by atoms with Crippen LogP contribution >= 0.6 is 0 Å². The first kappa shape index (κ1) is 41.5. The third kappa shape index (κ3) is 13.0. The molecule has 2 fully saturated rings. The lowest BCUT2D eigenvalue weighted by Gasteiger charge is -2.40. The standard InChI is InChI=1S/C40H58N2O4.2ClH/c1-5-45-39(43)31-41(23-9-7-10-24-41)27-21-33(3)29-35-13-17-37(18-14-35)38-19-15-36(16-20-38)30-34(4)22-28-42(25-11-8-12-26-42)32-40(44)46-6-2;;/h13-22H,5-12,23-32H2,1-4H3;2*1H/q+2;;/p-2/b33-21+,34-22+;;. The van der Waals surface area contributed by atoms with Crippen LogP contribution in [0.1, 0.15) is 77.3 Å². The van der Waals surface area contributed by atoms with Crippen LogP contribution in [-0.2, 0) is 31.9 Å². The first-order valence-corrected chi connectivity index (χ1v) is 17.7. The average molecular weight is 702 g/mol. The fourth-order valence-electron chi connectivity index (χ4n) is 7.25. The van der Waals surface area contributed by atoms with Gasteiger partial charge in [0.1, 0.15) is 0 Å². The molecule has 6 nitrogen and oxygen atoms in total. The van der Waals surface area contributed by atoms with Gasteiger partial charge in [-0.05, 0) is 113 Å². The molecule has 0 saturated carbocycles. The zero-order valence-electron chi connectivity index (χ0n) is 29.8. The normalized spacial score (nSPS) is 17.4. The van der Waals surface area contributed by atoms with Gasteiger partial charge in [-0.1, -0.05) is 59.7 Å². The number of hydrogen-bond donors (Lipinski definition) is 0. The number of allylic oxidation sites excluding steroid dienone is 2. The van der Waals surface area contributed by atoms with Gasteiger partial charge in [0, 0.05) is 0 Å². The number of hydrogen-bond acceptors (Lipinski definition) is 4. The Hall–Kier alpha value is -2.64. The lowest BCUT2D eigenvalue weighted by molar-refractivity contribution is -0.920. The molecule has 0 N–H and O–H groups in total. The fraction of sp³-hybridized carbons (Fsp3) is 0.550. The maximum absolute atomic E-state index is 12.3. The molecule has 0 amide bonds. The van der Waals surface area contributed by atoms with Gasteiger partial charge in [0.25, 0.3) is 0 Å². The van der Waals surface area contributed by atoms with E-state index in [1.54, 1.807) is 0 Å². The molecular weight excluding hydrogens is 643 g/mol. The predicted molar refractivity (Wildman–Crippen MR) is 187 cm³/mol. The molecule has 2 aromatic carbocycles. The third-order valence-corrected chi connectivity index (χ3v) is 9.93. The zero-order valence-corrected chi connectivity index (χ0v) is 31.3. The number of nitrogens with zero attached hydrogens (tertiary/aromatic N) is 2. The lowest BCUT2D eigenvalue weighted by atomic mass is 9.98. The molecular formula is C40H58Cl2N2O4. The number of halogens is 2. The molecule has 2 heterocycles. The molecule has 0 unspecified atom stereocenters. The summed E-state index contributed by atoms with van der Waals surface area (Å²) in [5.41, 5.74) is 7.77. The summed E-state index contributed by atoms with van der Waals surface area (Å²) in [6.45, 7) is 16.1. The number of carbonyl (C=O) groups is 2. The highest BCUT2D eigenvalue weighted by Crippen LogP contribution is 2.24. The molecule has 266 valence electrons. The van der Waals surface area contributed by atoms with Crippen molar-refractivity contribution in [3.63, 3.8) is 0 Å². The first-order chi connectivity index (χ1) is 22.2. The minimum atomic E-state index is -0.0691. The summed E-state index contributed by atoms with van der Waals surface area (Å²) in [6.07, 6.45) is 13.8. The number of rotatable bonds is 15. The van der Waals surface area contributed by atoms with E-state index in [9.17, 15) is 9.59 Å². The van der Waals surface area contributed by atoms with E-state index in [1.807, 2.05) is 13.8 Å². The largest absolute Gasteiger partial charge is 1.00 e. The Kier molecular flexibility index (Phi) is 18.0. The summed E-state index contributed by atoms with van der Waals surface area (Å²) in [5.74, 6) is -0.138. The van der Waals surface area contributed by atoms with Crippen LogP contribution in [0.5, 0.6) is 0 Å². The molecule has 8 heteroatoms. The van der Waals surface area contributed by atoms with Gasteiger partial charge >= 0.3 is 11.9 Å². The number of quaternary nitrogens is 2. The van der Waals surface area contributed by atoms with Crippen molar-refractivity contribution in [2.45, 2.75) is 79.1 Å². The van der Waals surface area contributed by atoms with E-state index in [2.05, 4.69) is 74.5 Å². The van der Waals surface area contributed by atoms with Crippen LogP contribution in [0.2, 0.25) is 0 Å². The van der Waals surface area contributed by atoms with E-state index in [4.69, 9.17) is 9.47 Å². The summed E-state index contributed by atoms with van der Waals surface area (Å²) >= 11 is 0. The quantitative estimate of drug-likeness (QED) is 0.161. The van der Waals surface area contributed by atoms with Gasteiger partial charge in [0.2, 0.25) is 0 Å². The van der Waals surface area contributed by atoms with Crippen LogP contribution < -0.4 is 24.8 Å². The minimum absolute atomic E-state index is 0. The van der Waals surface area contributed by atoms with Gasteiger partial charge in [-0.15, -0.1) is 0 Å². The molecule has 2 aromatic rings. The zero-order chi connectivity index (χ0) is 32.8. The molecule has 48 heavy (non-hydrogen) atoms. The van der Waals surface area contributed by atoms with Crippen LogP contribution in [0, 0.1) is 0 Å². The van der Waals surface area contributed by atoms with Gasteiger partial charge in [-0.2, -0.15) is 0 Å². The van der Waals surface area contributed by atoms with Crippen molar-refractivity contribution in [1.82, 2.24) is 0 Å². The molecule has 0 aliphatic carbocycles. The highest BCUT2D eigenvalue weighted by atomic mass is 35.5. The Bertz CT molecular complexity index is 1220. The van der Waals surface area contributed by atoms with Crippen molar-refractivity contribution in [2.24, 2.45) is 0 Å². The van der Waals surface area contributed by atoms with E-state index >= 15 is 0 Å². The fourth-order valence-corrected chi connectivity index (χ4v) is 7.25. The van der Waals surface area contributed by atoms with Gasteiger partial charge in [-0.3, -0.25) is 0 Å². The first-order valence-electron chi connectivity index (χ1n) is 17.7. The van der Waals surface area contributed by atoms with Crippen molar-refractivity contribution in [3.05, 3.63) is 83.0 Å². The van der Waals surface area contributed by atoms with Gasteiger partial charge in [-0.25, -0.2) is 9.59 Å². The Morgan fingerprint density at radius 1 is 0.583 bits per heavy atom. The van der Waals surface area contributed by atoms with Gasteiger partial charge in [0.15, 0.2) is 13.1 Å². The molecule has 0 aromatic heterocycles. The van der Waals surface area contributed by atoms with Crippen molar-refractivity contribution in [2.75, 3.05) is 65.6 Å². The predicted octanol–water partition coefficient (Wildman–Crippen LogP) is 1.47. The molecule has 0 bridgehead atoms. The Balaban J connectivity index is 0.00000400. The minimum Gasteiger partial charge on any atom is -1.00 e. The second-order valence-corrected chi connectivity index (χ2v) is 13.8. The van der Waals surface area contributed by atoms with Crippen LogP contribution in [0.15, 0.2) is 71.8 Å². The Morgan fingerprint density at radius 2 is 0.917 bits per heavy atom. The third-order valence-electron chi connectivity index (χ3n) is 9.93. The summed E-state index contributed by atoms with van der Waals surface area (Å²) < 4.78 is 12.3. The van der Waals surface area contributed by atoms with E-state index < -0.39 is 0 Å². The van der Waals surface area contributed by atoms with Crippen LogP contribution in [0.25, 0.3) is 11.1 Å². The highest BCUT2D eigenvalue weighted by Gasteiger charge is 2.33. The molecule has 2 saturated heterocycles. The Morgan fingerprint density at radius 3 is 1.23 bits per heavy atom. The molecule has 2 aliphatic heterocycles. The second kappa shape index (κ2) is 20.8. The summed E-state index contributed by atoms with van der Waals surface area (Å²) in [7, 11) is 0. The maximum atomic E-state index is 12.3. The number of carbonyl (C=O) groups excluding carboxylic acids is 2. The van der Waals surface area contributed by atoms with Crippen molar-refractivity contribution >= 4 is 11.9 Å². The summed E-state index contributed by atoms with van der Waals surface area (Å²) in [4.78, 5) is 24.7. The van der Waals surface area contributed by atoms with Crippen molar-refractivity contribution < 1.29 is 52.8 Å². The number of piperidine rings is 2. The summed E-state index contributed by atoms with van der Waals surface area (Å²) in [5, 5.41) is 0. The molecule has 0 atom stereocenters. The Labute approximate surface area is 302 Å². The maximum Gasteiger partial charge on any atom is 0.361 e. The highest BCUT2D eigenvalue weighted by molar-refractivity contribution is 5.71. The SMILES string of the molecule is CCOC(=O)C[N+]1(C/C=C(\C)Cc2ccc(-c3ccc(C/C(C)=C/C[N+]4(CC(=O)OCC)CCCCC4)cc3)cc2)CCCCC1.[Cl-].[Cl-]. The van der Waals surface area contributed by atoms with Gasteiger partial charge in [0.05, 0.1) is 52.5 Å². The van der Waals surface area contributed by atoms with E-state index in [-0.39, 0.29) is 36.8 Å². The number of likely N-dealkylation sites (tertiary alicyclic amines) is 2. The van der Waals surface area contributed by atoms with Crippen molar-refractivity contribution in [1.29, 1.82) is 0 Å². The topological polar surface area (TPSA) is 52.6 Å². The van der Waals surface area contributed by atoms with Crippen LogP contribution in [-0.4, -0.2) is 86.5 Å². The smallest absolute Gasteiger partial charge is 0.361 e. The van der Waals surface area contributed by atoms with Crippen LogP contribution in [0.4, 0.5) is 0 Å². The number of ether oxygens (including phenoxy) is 2. The second-order valence-electron chi connectivity index (χ2n) is 13.8. The van der Waals surface area contributed by atoms with E-state index in [0.717, 1.165) is 61.1 Å². The van der Waals surface area contributed by atoms with E-state index in [1.165, 1.54) is 71.9 Å². The average Bonchev–Trinajstić information content (AvgIpc) is 3.05. The molecule has 4 rings (SSSR count). The number of esters is 2. The van der Waals surface area contributed by atoms with E-state index in [0.29, 0.717) is 26.3 Å². The number of benzene rings is 2. The summed E-state index contributed by atoms with van der Waals surface area (Å²) in [6, 6.07) is 17.9. The lowest BCUT2D eigenvalue weighted by Crippen LogP contribution is -3.00. The van der Waals surface area contributed by atoms with Crippen molar-refractivity contribution in [3.8, 4) is 11.1 Å².